The molecule has 2 atom stereocenters. The monoisotopic (exact) mass is 408 g/mol. The van der Waals surface area contributed by atoms with Crippen molar-refractivity contribution in [1.29, 1.82) is 0 Å². The highest BCUT2D eigenvalue weighted by Gasteiger charge is 2.29. The van der Waals surface area contributed by atoms with E-state index >= 15 is 0 Å². The lowest BCUT2D eigenvalue weighted by Crippen LogP contribution is -2.36. The van der Waals surface area contributed by atoms with E-state index in [9.17, 15) is 4.79 Å². The highest BCUT2D eigenvalue weighted by atomic mass is 31.1. The second kappa shape index (κ2) is 8.69. The molecule has 0 aromatic heterocycles. The van der Waals surface area contributed by atoms with E-state index < -0.39 is 0 Å². The second-order valence-corrected chi connectivity index (χ2v) is 9.22. The fourth-order valence-electron chi connectivity index (χ4n) is 4.17. The van der Waals surface area contributed by atoms with Gasteiger partial charge in [0.15, 0.2) is 0 Å². The molecule has 1 aromatic carbocycles. The Kier molecular flexibility index (Phi) is 6.03. The van der Waals surface area contributed by atoms with Crippen molar-refractivity contribution in [2.75, 3.05) is 26.7 Å². The van der Waals surface area contributed by atoms with Crippen LogP contribution in [0.3, 0.4) is 0 Å². The minimum Gasteiger partial charge on any atom is -0.496 e. The molecular weight excluding hydrogens is 379 g/mol. The van der Waals surface area contributed by atoms with Gasteiger partial charge in [-0.25, -0.2) is 0 Å². The third-order valence-corrected chi connectivity index (χ3v) is 7.28. The van der Waals surface area contributed by atoms with Crippen molar-refractivity contribution in [3.8, 4) is 5.75 Å². The zero-order chi connectivity index (χ0) is 20.4. The molecule has 1 amide bonds. The maximum Gasteiger partial charge on any atom is 0.252 e. The number of methoxy groups -OCH3 is 1. The zero-order valence-electron chi connectivity index (χ0n) is 17.4. The second-order valence-electron chi connectivity index (χ2n) is 7.80. The number of rotatable bonds is 5. The number of amides is 1. The number of hydrogen-bond acceptors (Lipinski definition) is 3. The lowest BCUT2D eigenvalue weighted by atomic mass is 9.98. The van der Waals surface area contributed by atoms with E-state index in [1.807, 2.05) is 24.0 Å². The normalized spacial score (nSPS) is 22.9. The number of aryl methyl sites for hydroxylation is 1. The number of nitrogens with zero attached hydrogens (tertiary/aromatic N) is 2. The molecule has 0 radical (unpaired) electrons. The van der Waals surface area contributed by atoms with Crippen molar-refractivity contribution in [3.63, 3.8) is 0 Å². The molecule has 3 heterocycles. The summed E-state index contributed by atoms with van der Waals surface area (Å²) in [5, 5.41) is 1.12. The molecule has 0 aliphatic carbocycles. The summed E-state index contributed by atoms with van der Waals surface area (Å²) in [6.45, 7) is 7.53. The first-order valence-corrected chi connectivity index (χ1v) is 11.4. The topological polar surface area (TPSA) is 32.8 Å². The van der Waals surface area contributed by atoms with Crippen LogP contribution in [-0.2, 0) is 4.79 Å². The number of hydrogen-bond donors (Lipinski definition) is 0. The van der Waals surface area contributed by atoms with E-state index in [4.69, 9.17) is 4.74 Å². The summed E-state index contributed by atoms with van der Waals surface area (Å²) >= 11 is 0. The van der Waals surface area contributed by atoms with Gasteiger partial charge < -0.3 is 9.64 Å². The fourth-order valence-corrected chi connectivity index (χ4v) is 5.55. The Hall–Kier alpha value is -2.16. The van der Waals surface area contributed by atoms with Gasteiger partial charge in [-0.1, -0.05) is 39.8 Å². The summed E-state index contributed by atoms with van der Waals surface area (Å²) in [6.07, 6.45) is 12.9. The van der Waals surface area contributed by atoms with E-state index in [0.29, 0.717) is 8.58 Å². The molecule has 0 saturated heterocycles. The first-order valence-electron chi connectivity index (χ1n) is 10.4. The predicted octanol–water partition coefficient (Wildman–Crippen LogP) is 4.69. The van der Waals surface area contributed by atoms with Crippen LogP contribution in [0.1, 0.15) is 30.9 Å². The highest BCUT2D eigenvalue weighted by molar-refractivity contribution is 7.51. The Bertz CT molecular complexity index is 929. The third kappa shape index (κ3) is 4.24. The molecule has 4 nitrogen and oxygen atoms in total. The maximum absolute atomic E-state index is 12.9. The fraction of sp³-hybridized carbons (Fsp3) is 0.375. The molecule has 1 aromatic rings. The number of allylic oxidation sites excluding steroid dienone is 2. The van der Waals surface area contributed by atoms with Crippen LogP contribution in [0.15, 0.2) is 59.8 Å². The van der Waals surface area contributed by atoms with Gasteiger partial charge >= 0.3 is 0 Å². The lowest BCUT2D eigenvalue weighted by molar-refractivity contribution is -0.123. The zero-order valence-corrected chi connectivity index (χ0v) is 18.4. The van der Waals surface area contributed by atoms with Crippen LogP contribution >= 0.6 is 8.58 Å². The van der Waals surface area contributed by atoms with E-state index in [2.05, 4.69) is 48.4 Å². The first kappa shape index (κ1) is 20.1. The van der Waals surface area contributed by atoms with Crippen LogP contribution in [0.5, 0.6) is 5.75 Å². The Morgan fingerprint density at radius 3 is 2.86 bits per heavy atom. The minimum absolute atomic E-state index is 0.0723. The number of carbonyl (C=O) groups excluding carboxylic acids is 1. The SMILES string of the molecule is CCCN1CC=C(C2=CN3C(=O)C=C(c4ccc(OC)c(C)c4)PC3C=C2)CC1. The molecule has 4 rings (SSSR count). The summed E-state index contributed by atoms with van der Waals surface area (Å²) in [6, 6.07) is 6.15. The Morgan fingerprint density at radius 1 is 1.31 bits per heavy atom. The van der Waals surface area contributed by atoms with Crippen LogP contribution in [-0.4, -0.2) is 48.2 Å². The molecule has 0 spiro atoms. The van der Waals surface area contributed by atoms with E-state index in [1.165, 1.54) is 17.6 Å². The van der Waals surface area contributed by atoms with Gasteiger partial charge in [0.05, 0.1) is 12.9 Å². The van der Waals surface area contributed by atoms with Crippen molar-refractivity contribution in [2.45, 2.75) is 32.5 Å². The van der Waals surface area contributed by atoms with Crippen LogP contribution < -0.4 is 4.74 Å². The largest absolute Gasteiger partial charge is 0.496 e. The molecule has 152 valence electrons. The Labute approximate surface area is 175 Å². The summed E-state index contributed by atoms with van der Waals surface area (Å²) in [5.74, 6) is 1.07. The van der Waals surface area contributed by atoms with Gasteiger partial charge in [0.2, 0.25) is 0 Å². The average Bonchev–Trinajstić information content (AvgIpc) is 2.74. The molecule has 0 fully saturated rings. The van der Waals surface area contributed by atoms with Gasteiger partial charge in [-0.15, -0.1) is 0 Å². The van der Waals surface area contributed by atoms with Crippen molar-refractivity contribution in [1.82, 2.24) is 9.80 Å². The summed E-state index contributed by atoms with van der Waals surface area (Å²) in [7, 11) is 2.23. The van der Waals surface area contributed by atoms with Crippen molar-refractivity contribution in [3.05, 3.63) is 71.0 Å². The maximum atomic E-state index is 12.9. The van der Waals surface area contributed by atoms with Crippen LogP contribution in [0.2, 0.25) is 0 Å². The quantitative estimate of drug-likeness (QED) is 0.663. The molecule has 0 N–H and O–H groups in total. The average molecular weight is 408 g/mol. The van der Waals surface area contributed by atoms with Crippen LogP contribution in [0.4, 0.5) is 0 Å². The Balaban J connectivity index is 1.52. The van der Waals surface area contributed by atoms with Gasteiger partial charge in [0.1, 0.15) is 5.75 Å². The standard InChI is InChI=1S/C24H29N2O2P/c1-4-11-25-12-9-18(10-13-25)20-6-8-24-26(16-20)23(27)15-22(29-24)19-5-7-21(28-3)17(2)14-19/h5-9,14-16,24,29H,4,10-13H2,1-3H3. The van der Waals surface area contributed by atoms with Gasteiger partial charge in [0, 0.05) is 25.4 Å². The van der Waals surface area contributed by atoms with Gasteiger partial charge in [-0.2, -0.15) is 0 Å². The highest BCUT2D eigenvalue weighted by Crippen LogP contribution is 2.45. The molecule has 0 bridgehead atoms. The molecule has 0 saturated carbocycles. The molecule has 29 heavy (non-hydrogen) atoms. The molecule has 2 unspecified atom stereocenters. The van der Waals surface area contributed by atoms with Crippen molar-refractivity contribution >= 4 is 19.8 Å². The number of benzene rings is 1. The van der Waals surface area contributed by atoms with E-state index in [1.54, 1.807) is 7.11 Å². The molecule has 5 heteroatoms. The smallest absolute Gasteiger partial charge is 0.252 e. The summed E-state index contributed by atoms with van der Waals surface area (Å²) in [4.78, 5) is 17.3. The number of ether oxygens (including phenoxy) is 1. The van der Waals surface area contributed by atoms with Crippen LogP contribution in [0, 0.1) is 6.92 Å². The number of carbonyl (C=O) groups is 1. The molecule has 3 aliphatic rings. The third-order valence-electron chi connectivity index (χ3n) is 5.77. The van der Waals surface area contributed by atoms with Gasteiger partial charge in [-0.05, 0) is 66.0 Å². The Morgan fingerprint density at radius 2 is 2.17 bits per heavy atom. The molecular formula is C24H29N2O2P. The van der Waals surface area contributed by atoms with E-state index in [-0.39, 0.29) is 11.7 Å². The van der Waals surface area contributed by atoms with Gasteiger partial charge in [-0.3, -0.25) is 9.69 Å². The number of fused-ring (bicyclic) bond motifs is 1. The van der Waals surface area contributed by atoms with Gasteiger partial charge in [0.25, 0.3) is 5.91 Å². The van der Waals surface area contributed by atoms with Crippen molar-refractivity contribution in [2.24, 2.45) is 0 Å². The molecule has 3 aliphatic heterocycles. The van der Waals surface area contributed by atoms with E-state index in [0.717, 1.165) is 48.2 Å². The first-order chi connectivity index (χ1) is 14.1. The summed E-state index contributed by atoms with van der Waals surface area (Å²) < 4.78 is 5.36. The summed E-state index contributed by atoms with van der Waals surface area (Å²) in [5.41, 5.74) is 4.76. The minimum atomic E-state index is 0.0723. The van der Waals surface area contributed by atoms with Crippen molar-refractivity contribution < 1.29 is 9.53 Å². The van der Waals surface area contributed by atoms with Crippen LogP contribution in [0.25, 0.3) is 5.31 Å². The predicted molar refractivity (Wildman–Crippen MR) is 121 cm³/mol. The lowest BCUT2D eigenvalue weighted by Gasteiger charge is -2.35.